The van der Waals surface area contributed by atoms with Gasteiger partial charge in [0, 0.05) is 33.6 Å². The maximum atomic E-state index is 12.5. The number of fused-ring (bicyclic) bond motifs is 1. The first-order valence-electron chi connectivity index (χ1n) is 11.8. The topological polar surface area (TPSA) is 70.9 Å². The highest BCUT2D eigenvalue weighted by molar-refractivity contribution is 6.31. The molecule has 0 spiro atoms. The van der Waals surface area contributed by atoms with E-state index in [2.05, 4.69) is 16.9 Å². The Hall–Kier alpha value is -3.38. The third-order valence-electron chi connectivity index (χ3n) is 6.49. The molecule has 2 aromatic heterocycles. The van der Waals surface area contributed by atoms with Gasteiger partial charge in [-0.05, 0) is 65.1 Å². The van der Waals surface area contributed by atoms with Gasteiger partial charge in [-0.2, -0.15) is 0 Å². The van der Waals surface area contributed by atoms with Crippen molar-refractivity contribution >= 4 is 34.1 Å². The van der Waals surface area contributed by atoms with E-state index in [-0.39, 0.29) is 5.56 Å². The van der Waals surface area contributed by atoms with Crippen molar-refractivity contribution in [3.8, 4) is 11.1 Å². The lowest BCUT2D eigenvalue weighted by atomic mass is 9.82. The first-order valence-corrected chi connectivity index (χ1v) is 12.6. The van der Waals surface area contributed by atoms with Crippen molar-refractivity contribution in [2.45, 2.75) is 31.9 Å². The van der Waals surface area contributed by atoms with Crippen LogP contribution in [0.4, 0.5) is 0 Å². The Kier molecular flexibility index (Phi) is 6.71. The third-order valence-corrected chi connectivity index (χ3v) is 6.98. The van der Waals surface area contributed by atoms with Gasteiger partial charge >= 0.3 is 0 Å². The fourth-order valence-corrected chi connectivity index (χ4v) is 4.97. The van der Waals surface area contributed by atoms with Crippen molar-refractivity contribution in [1.82, 2.24) is 14.5 Å². The molecule has 36 heavy (non-hydrogen) atoms. The minimum absolute atomic E-state index is 0.212. The van der Waals surface area contributed by atoms with Crippen LogP contribution < -0.4 is 5.56 Å². The molecule has 0 amide bonds. The van der Waals surface area contributed by atoms with Gasteiger partial charge in [-0.1, -0.05) is 66.9 Å². The Balaban J connectivity index is 1.78. The first kappa shape index (κ1) is 24.3. The van der Waals surface area contributed by atoms with Crippen LogP contribution in [0.1, 0.15) is 36.6 Å². The average Bonchev–Trinajstić information content (AvgIpc) is 3.36. The molecule has 182 valence electrons. The summed E-state index contributed by atoms with van der Waals surface area (Å²) < 4.78 is 1.99. The molecule has 2 N–H and O–H groups in total. The van der Waals surface area contributed by atoms with E-state index in [1.807, 2.05) is 53.1 Å². The molecule has 1 unspecified atom stereocenters. The van der Waals surface area contributed by atoms with Crippen molar-refractivity contribution in [3.05, 3.63) is 123 Å². The molecule has 0 saturated heterocycles. The highest BCUT2D eigenvalue weighted by atomic mass is 35.5. The lowest BCUT2D eigenvalue weighted by Crippen LogP contribution is -2.31. The van der Waals surface area contributed by atoms with Crippen molar-refractivity contribution in [2.75, 3.05) is 0 Å². The van der Waals surface area contributed by atoms with E-state index in [0.29, 0.717) is 32.4 Å². The molecule has 5 rings (SSSR count). The largest absolute Gasteiger partial charge is 0.374 e. The van der Waals surface area contributed by atoms with E-state index in [1.54, 1.807) is 36.8 Å². The number of halogens is 2. The first-order chi connectivity index (χ1) is 17.4. The number of aromatic amines is 1. The van der Waals surface area contributed by atoms with Crippen molar-refractivity contribution in [2.24, 2.45) is 0 Å². The van der Waals surface area contributed by atoms with Gasteiger partial charge in [0.1, 0.15) is 0 Å². The van der Waals surface area contributed by atoms with Gasteiger partial charge < -0.3 is 14.7 Å². The summed E-state index contributed by atoms with van der Waals surface area (Å²) in [6.45, 7) is 2.86. The zero-order chi connectivity index (χ0) is 25.3. The van der Waals surface area contributed by atoms with E-state index in [9.17, 15) is 9.90 Å². The number of nitrogens with zero attached hydrogens (tertiary/aromatic N) is 2. The minimum atomic E-state index is -1.51. The number of H-pyrrole nitrogens is 1. The van der Waals surface area contributed by atoms with E-state index in [4.69, 9.17) is 23.2 Å². The predicted octanol–water partition coefficient (Wildman–Crippen LogP) is 6.78. The molecule has 0 fully saturated rings. The minimum Gasteiger partial charge on any atom is -0.374 e. The second-order valence-electron chi connectivity index (χ2n) is 8.86. The summed E-state index contributed by atoms with van der Waals surface area (Å²) in [5, 5.41) is 14.5. The molecule has 7 heteroatoms. The zero-order valence-electron chi connectivity index (χ0n) is 19.7. The van der Waals surface area contributed by atoms with Crippen molar-refractivity contribution in [3.63, 3.8) is 0 Å². The Labute approximate surface area is 219 Å². The number of aryl methyl sites for hydroxylation is 1. The van der Waals surface area contributed by atoms with E-state index in [0.717, 1.165) is 35.9 Å². The summed E-state index contributed by atoms with van der Waals surface area (Å²) in [5.41, 5.74) is 2.46. The number of hydrogen-bond donors (Lipinski definition) is 2. The van der Waals surface area contributed by atoms with E-state index in [1.165, 1.54) is 0 Å². The summed E-state index contributed by atoms with van der Waals surface area (Å²) in [6, 6.07) is 21.7. The van der Waals surface area contributed by atoms with Crippen LogP contribution in [-0.2, 0) is 12.1 Å². The Morgan fingerprint density at radius 1 is 0.972 bits per heavy atom. The van der Waals surface area contributed by atoms with Crippen LogP contribution in [0.5, 0.6) is 0 Å². The van der Waals surface area contributed by atoms with Crippen LogP contribution in [-0.4, -0.2) is 19.6 Å². The lowest BCUT2D eigenvalue weighted by molar-refractivity contribution is 0.116. The number of nitrogens with one attached hydrogen (secondary N) is 1. The molecule has 0 bridgehead atoms. The summed E-state index contributed by atoms with van der Waals surface area (Å²) >= 11 is 12.4. The number of hydrogen-bond acceptors (Lipinski definition) is 3. The average molecular weight is 518 g/mol. The van der Waals surface area contributed by atoms with Crippen LogP contribution in [0.3, 0.4) is 0 Å². The highest BCUT2D eigenvalue weighted by Crippen LogP contribution is 2.39. The maximum Gasteiger partial charge on any atom is 0.249 e. The molecule has 0 aliphatic rings. The molecule has 0 saturated carbocycles. The summed E-state index contributed by atoms with van der Waals surface area (Å²) in [5.74, 6) is 0. The molecule has 5 nitrogen and oxygen atoms in total. The zero-order valence-corrected chi connectivity index (χ0v) is 21.2. The van der Waals surface area contributed by atoms with Gasteiger partial charge in [0.2, 0.25) is 5.56 Å². The van der Waals surface area contributed by atoms with E-state index >= 15 is 0 Å². The quantitative estimate of drug-likeness (QED) is 0.250. The lowest BCUT2D eigenvalue weighted by Gasteiger charge is -2.31. The monoisotopic (exact) mass is 517 g/mol. The van der Waals surface area contributed by atoms with Gasteiger partial charge in [-0.3, -0.25) is 4.79 Å². The number of imidazole rings is 1. The standard InChI is InChI=1S/C29H25Cl2N3O2/c1-2-3-13-34-18-32-17-27(34)29(36,20-7-10-22(30)11-8-20)21-9-12-26-25(15-21)24(16-28(35)33-26)19-5-4-6-23(31)14-19/h4-12,14-18,36H,2-3,13H2,1H3,(H,33,35). The fourth-order valence-electron chi connectivity index (χ4n) is 4.66. The molecule has 0 aliphatic carbocycles. The van der Waals surface area contributed by atoms with Gasteiger partial charge in [-0.15, -0.1) is 0 Å². The third kappa shape index (κ3) is 4.46. The van der Waals surface area contributed by atoms with Crippen LogP contribution in [0.25, 0.3) is 22.0 Å². The predicted molar refractivity (Wildman–Crippen MR) is 146 cm³/mol. The summed E-state index contributed by atoms with van der Waals surface area (Å²) in [7, 11) is 0. The van der Waals surface area contributed by atoms with Gasteiger partial charge in [0.25, 0.3) is 0 Å². The second kappa shape index (κ2) is 9.94. The smallest absolute Gasteiger partial charge is 0.249 e. The van der Waals surface area contributed by atoms with Crippen molar-refractivity contribution < 1.29 is 5.11 Å². The number of pyridine rings is 1. The van der Waals surface area contributed by atoms with Crippen LogP contribution >= 0.6 is 23.2 Å². The normalized spacial score (nSPS) is 13.1. The summed E-state index contributed by atoms with van der Waals surface area (Å²) in [4.78, 5) is 19.7. The van der Waals surface area contributed by atoms with Crippen molar-refractivity contribution in [1.29, 1.82) is 0 Å². The van der Waals surface area contributed by atoms with Crippen LogP contribution in [0, 0.1) is 0 Å². The maximum absolute atomic E-state index is 12.5. The van der Waals surface area contributed by atoms with Gasteiger partial charge in [0.15, 0.2) is 5.60 Å². The number of aromatic nitrogens is 3. The number of benzene rings is 3. The Morgan fingerprint density at radius 2 is 1.75 bits per heavy atom. The second-order valence-corrected chi connectivity index (χ2v) is 9.73. The number of rotatable bonds is 7. The number of aliphatic hydroxyl groups is 1. The van der Waals surface area contributed by atoms with E-state index < -0.39 is 5.60 Å². The summed E-state index contributed by atoms with van der Waals surface area (Å²) in [6.07, 6.45) is 5.43. The molecular formula is C29H25Cl2N3O2. The van der Waals surface area contributed by atoms with Crippen LogP contribution in [0.15, 0.2) is 90.1 Å². The Bertz CT molecular complexity index is 1590. The molecule has 0 aliphatic heterocycles. The molecule has 2 heterocycles. The SMILES string of the molecule is CCCCn1cncc1C(O)(c1ccc(Cl)cc1)c1ccc2[nH]c(=O)cc(-c3cccc(Cl)c3)c2c1. The molecule has 1 atom stereocenters. The fraction of sp³-hybridized carbons (Fsp3) is 0.172. The van der Waals surface area contributed by atoms with Crippen LogP contribution in [0.2, 0.25) is 10.0 Å². The van der Waals surface area contributed by atoms with Gasteiger partial charge in [0.05, 0.1) is 18.2 Å². The molecular weight excluding hydrogens is 493 g/mol. The van der Waals surface area contributed by atoms with Gasteiger partial charge in [-0.25, -0.2) is 4.98 Å². The molecule has 5 aromatic rings. The molecule has 3 aromatic carbocycles. The Morgan fingerprint density at radius 3 is 2.50 bits per heavy atom. The highest BCUT2D eigenvalue weighted by Gasteiger charge is 2.37. The molecule has 0 radical (unpaired) electrons. The number of unbranched alkanes of at least 4 members (excludes halogenated alkanes) is 1.